The number of aryl methyl sites for hydroxylation is 2. The van der Waals surface area contributed by atoms with E-state index in [4.69, 9.17) is 0 Å². The summed E-state index contributed by atoms with van der Waals surface area (Å²) in [5, 5.41) is 22.2. The molecule has 2 heteroatoms. The van der Waals surface area contributed by atoms with Crippen molar-refractivity contribution in [1.82, 2.24) is 0 Å². The summed E-state index contributed by atoms with van der Waals surface area (Å²) in [6.45, 7) is 11.1. The lowest BCUT2D eigenvalue weighted by Gasteiger charge is -2.36. The van der Waals surface area contributed by atoms with Crippen LogP contribution in [-0.2, 0) is 10.8 Å². The van der Waals surface area contributed by atoms with Gasteiger partial charge in [-0.2, -0.15) is 0 Å². The molecule has 0 unspecified atom stereocenters. The third-order valence-corrected chi connectivity index (χ3v) is 9.24. The van der Waals surface area contributed by atoms with Crippen LogP contribution in [0.5, 0.6) is 11.5 Å². The standard InChI is InChI=1S/C32H46O2/c1-6-13-26(24-18-22(2)29(33)27(20-24)31(4)14-9-7-10-15-31)25-19-23(3)30(34)28(21-25)32(5)16-11-8-12-17-32/h18-21,26,33-34H,6-17H2,1-5H3. The maximum absolute atomic E-state index is 11.1. The van der Waals surface area contributed by atoms with Gasteiger partial charge in [-0.15, -0.1) is 0 Å². The summed E-state index contributed by atoms with van der Waals surface area (Å²) in [6.07, 6.45) is 14.4. The summed E-state index contributed by atoms with van der Waals surface area (Å²) in [7, 11) is 0. The van der Waals surface area contributed by atoms with Crippen LogP contribution in [0.15, 0.2) is 24.3 Å². The Morgan fingerprint density at radius 3 is 1.41 bits per heavy atom. The quantitative estimate of drug-likeness (QED) is 0.449. The molecular weight excluding hydrogens is 416 g/mol. The first-order chi connectivity index (χ1) is 16.2. The predicted octanol–water partition coefficient (Wildman–Crippen LogP) is 9.09. The van der Waals surface area contributed by atoms with Crippen molar-refractivity contribution >= 4 is 0 Å². The second-order valence-electron chi connectivity index (χ2n) is 12.1. The molecule has 2 nitrogen and oxygen atoms in total. The van der Waals surface area contributed by atoms with E-state index >= 15 is 0 Å². The fourth-order valence-electron chi connectivity index (χ4n) is 6.95. The van der Waals surface area contributed by atoms with Gasteiger partial charge in [0, 0.05) is 17.0 Å². The van der Waals surface area contributed by atoms with Crippen LogP contribution in [0.2, 0.25) is 0 Å². The first kappa shape index (κ1) is 25.1. The summed E-state index contributed by atoms with van der Waals surface area (Å²) in [4.78, 5) is 0. The van der Waals surface area contributed by atoms with Crippen molar-refractivity contribution in [3.63, 3.8) is 0 Å². The molecule has 34 heavy (non-hydrogen) atoms. The molecule has 0 heterocycles. The van der Waals surface area contributed by atoms with E-state index in [1.165, 1.54) is 49.7 Å². The molecule has 2 saturated carbocycles. The molecule has 0 atom stereocenters. The molecule has 2 N–H and O–H groups in total. The topological polar surface area (TPSA) is 40.5 Å². The Bertz CT molecular complexity index is 927. The monoisotopic (exact) mass is 462 g/mol. The van der Waals surface area contributed by atoms with Crippen LogP contribution in [0.25, 0.3) is 0 Å². The van der Waals surface area contributed by atoms with Crippen molar-refractivity contribution in [2.45, 2.75) is 128 Å². The van der Waals surface area contributed by atoms with E-state index in [1.807, 2.05) is 0 Å². The molecule has 2 fully saturated rings. The normalized spacial score (nSPS) is 19.9. The Balaban J connectivity index is 1.82. The van der Waals surface area contributed by atoms with E-state index < -0.39 is 0 Å². The maximum atomic E-state index is 11.1. The van der Waals surface area contributed by atoms with Gasteiger partial charge in [-0.3, -0.25) is 0 Å². The summed E-state index contributed by atoms with van der Waals surface area (Å²) in [6, 6.07) is 9.10. The second-order valence-corrected chi connectivity index (χ2v) is 12.1. The van der Waals surface area contributed by atoms with Crippen molar-refractivity contribution < 1.29 is 10.2 Å². The Kier molecular flexibility index (Phi) is 7.36. The third-order valence-electron chi connectivity index (χ3n) is 9.24. The Hall–Kier alpha value is -1.96. The second kappa shape index (κ2) is 9.96. The van der Waals surface area contributed by atoms with Crippen LogP contribution in [0.3, 0.4) is 0 Å². The third kappa shape index (κ3) is 4.75. The maximum Gasteiger partial charge on any atom is 0.122 e. The van der Waals surface area contributed by atoms with Crippen LogP contribution in [0.1, 0.15) is 137 Å². The predicted molar refractivity (Wildman–Crippen MR) is 143 cm³/mol. The first-order valence-electron chi connectivity index (χ1n) is 13.9. The zero-order valence-electron chi connectivity index (χ0n) is 22.3. The Morgan fingerprint density at radius 1 is 0.676 bits per heavy atom. The zero-order valence-corrected chi connectivity index (χ0v) is 22.3. The number of phenolic OH excluding ortho intramolecular Hbond substituents is 2. The smallest absolute Gasteiger partial charge is 0.122 e. The molecule has 2 aliphatic rings. The van der Waals surface area contributed by atoms with Gasteiger partial charge in [0.2, 0.25) is 0 Å². The summed E-state index contributed by atoms with van der Waals surface area (Å²) in [5.41, 5.74) is 7.06. The van der Waals surface area contributed by atoms with E-state index in [1.54, 1.807) is 0 Å². The largest absolute Gasteiger partial charge is 0.507 e. The number of benzene rings is 2. The molecule has 0 spiro atoms. The number of hydrogen-bond donors (Lipinski definition) is 2. The van der Waals surface area contributed by atoms with Crippen molar-refractivity contribution in [1.29, 1.82) is 0 Å². The van der Waals surface area contributed by atoms with Gasteiger partial charge >= 0.3 is 0 Å². The summed E-state index contributed by atoms with van der Waals surface area (Å²) in [5.74, 6) is 1.28. The van der Waals surface area contributed by atoms with Crippen molar-refractivity contribution in [2.24, 2.45) is 0 Å². The highest BCUT2D eigenvalue weighted by atomic mass is 16.3. The molecule has 0 bridgehead atoms. The van der Waals surface area contributed by atoms with E-state index in [0.717, 1.165) is 60.8 Å². The minimum atomic E-state index is 0.0610. The molecule has 186 valence electrons. The van der Waals surface area contributed by atoms with Gasteiger partial charge in [0.05, 0.1) is 0 Å². The lowest BCUT2D eigenvalue weighted by Crippen LogP contribution is -2.26. The highest BCUT2D eigenvalue weighted by Gasteiger charge is 2.34. The first-order valence-corrected chi connectivity index (χ1v) is 13.9. The molecular formula is C32H46O2. The highest BCUT2D eigenvalue weighted by Crippen LogP contribution is 2.48. The Morgan fingerprint density at radius 2 is 1.06 bits per heavy atom. The molecule has 2 aliphatic carbocycles. The molecule has 2 aromatic carbocycles. The zero-order chi connectivity index (χ0) is 24.5. The van der Waals surface area contributed by atoms with E-state index in [0.29, 0.717) is 11.5 Å². The van der Waals surface area contributed by atoms with Crippen molar-refractivity contribution in [2.75, 3.05) is 0 Å². The summed E-state index contributed by atoms with van der Waals surface area (Å²) < 4.78 is 0. The highest BCUT2D eigenvalue weighted by molar-refractivity contribution is 5.53. The molecule has 0 saturated heterocycles. The minimum absolute atomic E-state index is 0.0610. The fraction of sp³-hybridized carbons (Fsp3) is 0.625. The van der Waals surface area contributed by atoms with Gasteiger partial charge in [0.25, 0.3) is 0 Å². The lowest BCUT2D eigenvalue weighted by atomic mass is 9.68. The SMILES string of the molecule is CCCC(c1cc(C)c(O)c(C2(C)CCCCC2)c1)c1cc(C)c(O)c(C2(C)CCCCC2)c1. The van der Waals surface area contributed by atoms with Gasteiger partial charge in [-0.05, 0) is 79.0 Å². The molecule has 0 amide bonds. The van der Waals surface area contributed by atoms with Crippen LogP contribution < -0.4 is 0 Å². The van der Waals surface area contributed by atoms with Gasteiger partial charge in [0.1, 0.15) is 11.5 Å². The van der Waals surface area contributed by atoms with Gasteiger partial charge < -0.3 is 10.2 Å². The number of rotatable bonds is 6. The van der Waals surface area contributed by atoms with Gasteiger partial charge in [-0.25, -0.2) is 0 Å². The minimum Gasteiger partial charge on any atom is -0.507 e. The van der Waals surface area contributed by atoms with Crippen LogP contribution in [0.4, 0.5) is 0 Å². The number of phenols is 2. The molecule has 0 aromatic heterocycles. The fourth-order valence-corrected chi connectivity index (χ4v) is 6.95. The van der Waals surface area contributed by atoms with E-state index in [2.05, 4.69) is 58.9 Å². The number of hydrogen-bond acceptors (Lipinski definition) is 2. The van der Waals surface area contributed by atoms with Gasteiger partial charge in [-0.1, -0.05) is 90.0 Å². The molecule has 0 radical (unpaired) electrons. The van der Waals surface area contributed by atoms with Crippen molar-refractivity contribution in [3.8, 4) is 11.5 Å². The molecule has 2 aromatic rings. The van der Waals surface area contributed by atoms with Crippen LogP contribution >= 0.6 is 0 Å². The van der Waals surface area contributed by atoms with Crippen LogP contribution in [0, 0.1) is 13.8 Å². The summed E-state index contributed by atoms with van der Waals surface area (Å²) >= 11 is 0. The van der Waals surface area contributed by atoms with Gasteiger partial charge in [0.15, 0.2) is 0 Å². The Labute approximate surface area is 207 Å². The lowest BCUT2D eigenvalue weighted by molar-refractivity contribution is 0.307. The average molecular weight is 463 g/mol. The average Bonchev–Trinajstić information content (AvgIpc) is 2.81. The molecule has 0 aliphatic heterocycles. The molecule has 4 rings (SSSR count). The number of aromatic hydroxyl groups is 2. The van der Waals surface area contributed by atoms with Crippen LogP contribution in [-0.4, -0.2) is 10.2 Å². The van der Waals surface area contributed by atoms with E-state index in [-0.39, 0.29) is 16.7 Å². The van der Waals surface area contributed by atoms with E-state index in [9.17, 15) is 10.2 Å². The van der Waals surface area contributed by atoms with Crippen molar-refractivity contribution in [3.05, 3.63) is 57.6 Å².